The number of rotatable bonds is 10. The first-order valence-corrected chi connectivity index (χ1v) is 7.13. The summed E-state index contributed by atoms with van der Waals surface area (Å²) in [7, 11) is 0. The van der Waals surface area contributed by atoms with E-state index in [0.29, 0.717) is 19.6 Å². The van der Waals surface area contributed by atoms with E-state index in [2.05, 4.69) is 18.5 Å². The Morgan fingerprint density at radius 1 is 1.24 bits per heavy atom. The number of hydrogen-bond donors (Lipinski definition) is 2. The second-order valence-corrected chi connectivity index (χ2v) is 6.19. The Morgan fingerprint density at radius 3 is 2.05 bits per heavy atom. The molecule has 5 heteroatoms. The second kappa shape index (κ2) is 8.62. The zero-order valence-electron chi connectivity index (χ0n) is 13.6. The number of carboxylic acid groups (broad SMARTS) is 1. The van der Waals surface area contributed by atoms with Gasteiger partial charge in [0.25, 0.3) is 0 Å². The molecule has 0 aromatic rings. The molecule has 0 bridgehead atoms. The summed E-state index contributed by atoms with van der Waals surface area (Å²) in [5.41, 5.74) is -0.700. The van der Waals surface area contributed by atoms with Crippen molar-refractivity contribution in [1.29, 1.82) is 0 Å². The number of nitrogens with one attached hydrogen (secondary N) is 1. The minimum absolute atomic E-state index is 0.167. The highest BCUT2D eigenvalue weighted by molar-refractivity contribution is 5.87. The van der Waals surface area contributed by atoms with E-state index in [-0.39, 0.29) is 11.8 Å². The van der Waals surface area contributed by atoms with E-state index in [1.54, 1.807) is 39.8 Å². The van der Waals surface area contributed by atoms with Gasteiger partial charge in [0.05, 0.1) is 5.41 Å². The first-order valence-electron chi connectivity index (χ1n) is 7.13. The third kappa shape index (κ3) is 6.58. The molecule has 0 rings (SSSR count). The van der Waals surface area contributed by atoms with Gasteiger partial charge in [-0.2, -0.15) is 0 Å². The van der Waals surface area contributed by atoms with E-state index in [4.69, 9.17) is 5.11 Å². The van der Waals surface area contributed by atoms with Crippen LogP contribution in [-0.2, 0) is 9.59 Å². The topological polar surface area (TPSA) is 69.6 Å². The Balaban J connectivity index is 4.87. The molecule has 0 radical (unpaired) electrons. The van der Waals surface area contributed by atoms with Gasteiger partial charge in [-0.1, -0.05) is 26.0 Å². The first-order chi connectivity index (χ1) is 9.65. The van der Waals surface area contributed by atoms with Crippen molar-refractivity contribution in [3.63, 3.8) is 0 Å². The standard InChI is InChI=1S/C16H28N2O3/c1-7-9-18(10-8-2)11-16(5,6)15(21)17-13(12(3)4)14(19)20/h7-8,12-13H,1-2,9-11H2,3-6H3,(H,17,21)(H,19,20). The van der Waals surface area contributed by atoms with Gasteiger partial charge in [-0.25, -0.2) is 4.79 Å². The zero-order valence-corrected chi connectivity index (χ0v) is 13.6. The molecule has 0 heterocycles. The molecule has 0 aliphatic carbocycles. The van der Waals surface area contributed by atoms with Gasteiger partial charge in [-0.05, 0) is 19.8 Å². The monoisotopic (exact) mass is 296 g/mol. The number of hydrogen-bond acceptors (Lipinski definition) is 3. The Morgan fingerprint density at radius 2 is 1.71 bits per heavy atom. The Bertz CT molecular complexity index is 379. The van der Waals surface area contributed by atoms with Crippen LogP contribution in [0.25, 0.3) is 0 Å². The van der Waals surface area contributed by atoms with Crippen molar-refractivity contribution in [3.05, 3.63) is 25.3 Å². The van der Waals surface area contributed by atoms with Crippen molar-refractivity contribution in [2.24, 2.45) is 11.3 Å². The van der Waals surface area contributed by atoms with E-state index < -0.39 is 17.4 Å². The largest absolute Gasteiger partial charge is 0.480 e. The van der Waals surface area contributed by atoms with Crippen molar-refractivity contribution in [1.82, 2.24) is 10.2 Å². The van der Waals surface area contributed by atoms with Gasteiger partial charge in [0.1, 0.15) is 6.04 Å². The van der Waals surface area contributed by atoms with E-state index in [1.165, 1.54) is 0 Å². The zero-order chi connectivity index (χ0) is 16.6. The van der Waals surface area contributed by atoms with Gasteiger partial charge in [0.2, 0.25) is 5.91 Å². The number of aliphatic carboxylic acids is 1. The Labute approximate surface area is 127 Å². The van der Waals surface area contributed by atoms with Crippen molar-refractivity contribution in [3.8, 4) is 0 Å². The molecule has 21 heavy (non-hydrogen) atoms. The van der Waals surface area contributed by atoms with Gasteiger partial charge < -0.3 is 10.4 Å². The SMILES string of the molecule is C=CCN(CC=C)CC(C)(C)C(=O)NC(C(=O)O)C(C)C. The molecule has 120 valence electrons. The number of nitrogens with zero attached hydrogens (tertiary/aromatic N) is 1. The average molecular weight is 296 g/mol. The van der Waals surface area contributed by atoms with Crippen LogP contribution in [0.3, 0.4) is 0 Å². The minimum atomic E-state index is -1.01. The predicted octanol–water partition coefficient (Wildman–Crippen LogP) is 1.91. The number of carbonyl (C=O) groups excluding carboxylic acids is 1. The lowest BCUT2D eigenvalue weighted by atomic mass is 9.90. The first kappa shape index (κ1) is 19.4. The summed E-state index contributed by atoms with van der Waals surface area (Å²) in [5.74, 6) is -1.44. The van der Waals surface area contributed by atoms with Crippen LogP contribution in [0.1, 0.15) is 27.7 Å². The van der Waals surface area contributed by atoms with Crippen molar-refractivity contribution in [2.45, 2.75) is 33.7 Å². The lowest BCUT2D eigenvalue weighted by molar-refractivity contribution is -0.145. The summed E-state index contributed by atoms with van der Waals surface area (Å²) in [6.45, 7) is 16.3. The molecule has 0 saturated heterocycles. The quantitative estimate of drug-likeness (QED) is 0.604. The molecule has 0 aromatic carbocycles. The maximum atomic E-state index is 12.4. The van der Waals surface area contributed by atoms with Crippen LogP contribution in [0.4, 0.5) is 0 Å². The maximum absolute atomic E-state index is 12.4. The van der Waals surface area contributed by atoms with Crippen LogP contribution in [0, 0.1) is 11.3 Å². The normalized spacial score (nSPS) is 13.0. The van der Waals surface area contributed by atoms with E-state index >= 15 is 0 Å². The minimum Gasteiger partial charge on any atom is -0.480 e. The predicted molar refractivity (Wildman–Crippen MR) is 85.0 cm³/mol. The molecular formula is C16H28N2O3. The maximum Gasteiger partial charge on any atom is 0.326 e. The smallest absolute Gasteiger partial charge is 0.326 e. The van der Waals surface area contributed by atoms with E-state index in [0.717, 1.165) is 0 Å². The Kier molecular flexibility index (Phi) is 7.95. The molecule has 0 saturated carbocycles. The van der Waals surface area contributed by atoms with Crippen LogP contribution >= 0.6 is 0 Å². The molecule has 5 nitrogen and oxygen atoms in total. The van der Waals surface area contributed by atoms with Crippen LogP contribution in [0.15, 0.2) is 25.3 Å². The number of amides is 1. The number of carboxylic acids is 1. The van der Waals surface area contributed by atoms with E-state index in [9.17, 15) is 9.59 Å². The van der Waals surface area contributed by atoms with Crippen LogP contribution in [-0.4, -0.2) is 47.6 Å². The number of carbonyl (C=O) groups is 2. The molecule has 0 aromatic heterocycles. The molecule has 0 aliphatic rings. The van der Waals surface area contributed by atoms with Crippen molar-refractivity contribution >= 4 is 11.9 Å². The highest BCUT2D eigenvalue weighted by Gasteiger charge is 2.33. The molecule has 0 aliphatic heterocycles. The van der Waals surface area contributed by atoms with Gasteiger partial charge in [0, 0.05) is 19.6 Å². The highest BCUT2D eigenvalue weighted by atomic mass is 16.4. The van der Waals surface area contributed by atoms with Gasteiger partial charge in [-0.15, -0.1) is 13.2 Å². The summed E-state index contributed by atoms with van der Waals surface area (Å²) in [5, 5.41) is 11.8. The van der Waals surface area contributed by atoms with Crippen molar-refractivity contribution < 1.29 is 14.7 Å². The summed E-state index contributed by atoms with van der Waals surface area (Å²) < 4.78 is 0. The summed E-state index contributed by atoms with van der Waals surface area (Å²) in [6.07, 6.45) is 3.54. The van der Waals surface area contributed by atoms with Gasteiger partial charge in [0.15, 0.2) is 0 Å². The molecule has 1 amide bonds. The molecular weight excluding hydrogens is 268 g/mol. The van der Waals surface area contributed by atoms with Crippen LogP contribution in [0.2, 0.25) is 0 Å². The fourth-order valence-electron chi connectivity index (χ4n) is 2.05. The fourth-order valence-corrected chi connectivity index (χ4v) is 2.05. The summed E-state index contributed by atoms with van der Waals surface area (Å²) in [4.78, 5) is 25.6. The second-order valence-electron chi connectivity index (χ2n) is 6.19. The third-order valence-electron chi connectivity index (χ3n) is 3.23. The molecule has 0 fully saturated rings. The summed E-state index contributed by atoms with van der Waals surface area (Å²) >= 11 is 0. The lowest BCUT2D eigenvalue weighted by Gasteiger charge is -2.32. The molecule has 1 unspecified atom stereocenters. The van der Waals surface area contributed by atoms with Crippen molar-refractivity contribution in [2.75, 3.05) is 19.6 Å². The fraction of sp³-hybridized carbons (Fsp3) is 0.625. The average Bonchev–Trinajstić information content (AvgIpc) is 2.34. The van der Waals surface area contributed by atoms with Gasteiger partial charge >= 0.3 is 5.97 Å². The van der Waals surface area contributed by atoms with Crippen LogP contribution < -0.4 is 5.32 Å². The van der Waals surface area contributed by atoms with E-state index in [1.807, 2.05) is 4.90 Å². The molecule has 0 spiro atoms. The lowest BCUT2D eigenvalue weighted by Crippen LogP contribution is -2.52. The highest BCUT2D eigenvalue weighted by Crippen LogP contribution is 2.18. The molecule has 1 atom stereocenters. The van der Waals surface area contributed by atoms with Gasteiger partial charge in [-0.3, -0.25) is 9.69 Å². The third-order valence-corrected chi connectivity index (χ3v) is 3.23. The Hall–Kier alpha value is -1.62. The molecule has 2 N–H and O–H groups in total. The van der Waals surface area contributed by atoms with Crippen LogP contribution in [0.5, 0.6) is 0 Å². The summed E-state index contributed by atoms with van der Waals surface area (Å²) in [6, 6.07) is -0.871.